The van der Waals surface area contributed by atoms with Crippen molar-refractivity contribution in [3.8, 4) is 0 Å². The number of urea groups is 1. The molecule has 0 bridgehead atoms. The van der Waals surface area contributed by atoms with E-state index >= 15 is 0 Å². The topological polar surface area (TPSA) is 101 Å². The van der Waals surface area contributed by atoms with E-state index in [-0.39, 0.29) is 10.6 Å². The summed E-state index contributed by atoms with van der Waals surface area (Å²) in [6, 6.07) is 2.65. The standard InChI is InChI=1S/C12H19N3O3S/c1-4-7-14-12(16)15-19(17,18)11-9(3)6-5-8(2)10(11)13/h5-6H,4,7,13H2,1-3H3,(H2,14,15,16). The summed E-state index contributed by atoms with van der Waals surface area (Å²) in [5.41, 5.74) is 7.11. The molecule has 0 aromatic heterocycles. The van der Waals surface area contributed by atoms with Crippen molar-refractivity contribution in [3.63, 3.8) is 0 Å². The zero-order valence-corrected chi connectivity index (χ0v) is 12.1. The molecular formula is C12H19N3O3S. The molecule has 0 saturated carbocycles. The van der Waals surface area contributed by atoms with Crippen LogP contribution in [0.1, 0.15) is 24.5 Å². The molecular weight excluding hydrogens is 266 g/mol. The molecule has 0 aliphatic heterocycles. The summed E-state index contributed by atoms with van der Waals surface area (Å²) in [6.07, 6.45) is 0.721. The Morgan fingerprint density at radius 3 is 2.42 bits per heavy atom. The van der Waals surface area contributed by atoms with E-state index in [9.17, 15) is 13.2 Å². The lowest BCUT2D eigenvalue weighted by molar-refractivity contribution is 0.246. The fourth-order valence-corrected chi connectivity index (χ4v) is 2.97. The Labute approximate surface area is 113 Å². The fraction of sp³-hybridized carbons (Fsp3) is 0.417. The molecule has 1 aromatic carbocycles. The summed E-state index contributed by atoms with van der Waals surface area (Å²) in [7, 11) is -3.96. The van der Waals surface area contributed by atoms with Crippen LogP contribution in [0.25, 0.3) is 0 Å². The van der Waals surface area contributed by atoms with Gasteiger partial charge >= 0.3 is 6.03 Å². The molecule has 0 radical (unpaired) electrons. The number of hydrogen-bond acceptors (Lipinski definition) is 4. The molecule has 4 N–H and O–H groups in total. The second-order valence-electron chi connectivity index (χ2n) is 4.30. The molecule has 0 aliphatic carbocycles. The summed E-state index contributed by atoms with van der Waals surface area (Å²) in [5, 5.41) is 2.44. The van der Waals surface area contributed by atoms with Gasteiger partial charge in [-0.25, -0.2) is 17.9 Å². The van der Waals surface area contributed by atoms with E-state index < -0.39 is 16.1 Å². The van der Waals surface area contributed by atoms with E-state index in [1.165, 1.54) is 0 Å². The Kier molecular flexibility index (Phi) is 4.77. The van der Waals surface area contributed by atoms with Crippen LogP contribution in [0.2, 0.25) is 0 Å². The molecule has 0 fully saturated rings. The average Bonchev–Trinajstić information content (AvgIpc) is 2.31. The maximum absolute atomic E-state index is 12.1. The van der Waals surface area contributed by atoms with Crippen LogP contribution in [0.15, 0.2) is 17.0 Å². The van der Waals surface area contributed by atoms with Gasteiger partial charge in [0.2, 0.25) is 0 Å². The second kappa shape index (κ2) is 5.92. The third-order valence-corrected chi connectivity index (χ3v) is 4.18. The number of rotatable bonds is 4. The molecule has 7 heteroatoms. The van der Waals surface area contributed by atoms with Crippen LogP contribution in [-0.4, -0.2) is 21.0 Å². The van der Waals surface area contributed by atoms with Gasteiger partial charge in [-0.2, -0.15) is 0 Å². The quantitative estimate of drug-likeness (QED) is 0.725. The first-order valence-electron chi connectivity index (χ1n) is 5.96. The predicted octanol–water partition coefficient (Wildman–Crippen LogP) is 1.28. The maximum atomic E-state index is 12.1. The van der Waals surface area contributed by atoms with Crippen molar-refractivity contribution in [2.24, 2.45) is 0 Å². The number of nitrogens with two attached hydrogens (primary N) is 1. The van der Waals surface area contributed by atoms with E-state index in [2.05, 4.69) is 5.32 Å². The van der Waals surface area contributed by atoms with Gasteiger partial charge in [0, 0.05) is 6.54 Å². The molecule has 0 atom stereocenters. The fourth-order valence-electron chi connectivity index (χ4n) is 1.61. The SMILES string of the molecule is CCCNC(=O)NS(=O)(=O)c1c(C)ccc(C)c1N. The summed E-state index contributed by atoms with van der Waals surface area (Å²) < 4.78 is 26.3. The monoisotopic (exact) mass is 285 g/mol. The van der Waals surface area contributed by atoms with E-state index in [4.69, 9.17) is 5.73 Å². The van der Waals surface area contributed by atoms with Crippen LogP contribution in [0.3, 0.4) is 0 Å². The molecule has 1 aromatic rings. The summed E-state index contributed by atoms with van der Waals surface area (Å²) in [6.45, 7) is 5.63. The Morgan fingerprint density at radius 2 is 1.84 bits per heavy atom. The van der Waals surface area contributed by atoms with Crippen molar-refractivity contribution in [3.05, 3.63) is 23.3 Å². The molecule has 0 unspecified atom stereocenters. The lowest BCUT2D eigenvalue weighted by Crippen LogP contribution is -2.40. The van der Waals surface area contributed by atoms with Crippen LogP contribution < -0.4 is 15.8 Å². The molecule has 2 amide bonds. The third kappa shape index (κ3) is 3.60. The van der Waals surface area contributed by atoms with Gasteiger partial charge < -0.3 is 11.1 Å². The van der Waals surface area contributed by atoms with Gasteiger partial charge in [0.25, 0.3) is 10.0 Å². The van der Waals surface area contributed by atoms with Crippen LogP contribution >= 0.6 is 0 Å². The number of hydrogen-bond donors (Lipinski definition) is 3. The Hall–Kier alpha value is -1.76. The van der Waals surface area contributed by atoms with Crippen LogP contribution in [-0.2, 0) is 10.0 Å². The highest BCUT2D eigenvalue weighted by Gasteiger charge is 2.23. The summed E-state index contributed by atoms with van der Waals surface area (Å²) in [5.74, 6) is 0. The van der Waals surface area contributed by atoms with E-state index in [0.717, 1.165) is 6.42 Å². The Balaban J connectivity index is 3.08. The van der Waals surface area contributed by atoms with Crippen LogP contribution in [0, 0.1) is 13.8 Å². The first-order valence-corrected chi connectivity index (χ1v) is 7.44. The van der Waals surface area contributed by atoms with Crippen LogP contribution in [0.5, 0.6) is 0 Å². The van der Waals surface area contributed by atoms with Crippen molar-refractivity contribution in [2.75, 3.05) is 12.3 Å². The Bertz CT molecular complexity index is 582. The number of nitrogen functional groups attached to an aromatic ring is 1. The van der Waals surface area contributed by atoms with Gasteiger partial charge in [-0.1, -0.05) is 19.1 Å². The number of nitrogens with one attached hydrogen (secondary N) is 2. The minimum Gasteiger partial charge on any atom is -0.397 e. The number of anilines is 1. The molecule has 6 nitrogen and oxygen atoms in total. The normalized spacial score (nSPS) is 11.1. The molecule has 0 aliphatic rings. The number of amides is 2. The zero-order chi connectivity index (χ0) is 14.6. The molecule has 1 rings (SSSR count). The van der Waals surface area contributed by atoms with Gasteiger partial charge in [-0.3, -0.25) is 0 Å². The number of carbonyl (C=O) groups excluding carboxylic acids is 1. The smallest absolute Gasteiger partial charge is 0.328 e. The summed E-state index contributed by atoms with van der Waals surface area (Å²) in [4.78, 5) is 11.4. The minimum atomic E-state index is -3.96. The highest BCUT2D eigenvalue weighted by atomic mass is 32.2. The number of aryl methyl sites for hydroxylation is 2. The van der Waals surface area contributed by atoms with Crippen molar-refractivity contribution in [1.82, 2.24) is 10.0 Å². The Morgan fingerprint density at radius 1 is 1.26 bits per heavy atom. The van der Waals surface area contributed by atoms with Gasteiger partial charge in [0.1, 0.15) is 4.90 Å². The van der Waals surface area contributed by atoms with Crippen molar-refractivity contribution >= 4 is 21.7 Å². The number of sulfonamides is 1. The van der Waals surface area contributed by atoms with Crippen molar-refractivity contribution in [1.29, 1.82) is 0 Å². The van der Waals surface area contributed by atoms with Gasteiger partial charge in [0.05, 0.1) is 5.69 Å². The molecule has 19 heavy (non-hydrogen) atoms. The highest BCUT2D eigenvalue weighted by Crippen LogP contribution is 2.25. The summed E-state index contributed by atoms with van der Waals surface area (Å²) >= 11 is 0. The zero-order valence-electron chi connectivity index (χ0n) is 11.3. The van der Waals surface area contributed by atoms with Crippen LogP contribution in [0.4, 0.5) is 10.5 Å². The van der Waals surface area contributed by atoms with Crippen molar-refractivity contribution in [2.45, 2.75) is 32.1 Å². The van der Waals surface area contributed by atoms with Gasteiger partial charge in [-0.15, -0.1) is 0 Å². The molecule has 0 heterocycles. The first kappa shape index (κ1) is 15.3. The number of benzene rings is 1. The second-order valence-corrected chi connectivity index (χ2v) is 5.92. The van der Waals surface area contributed by atoms with Gasteiger partial charge in [-0.05, 0) is 31.4 Å². The van der Waals surface area contributed by atoms with E-state index in [1.54, 1.807) is 26.0 Å². The highest BCUT2D eigenvalue weighted by molar-refractivity contribution is 7.90. The lowest BCUT2D eigenvalue weighted by Gasteiger charge is -2.13. The molecule has 106 valence electrons. The van der Waals surface area contributed by atoms with Crippen molar-refractivity contribution < 1.29 is 13.2 Å². The lowest BCUT2D eigenvalue weighted by atomic mass is 10.1. The largest absolute Gasteiger partial charge is 0.397 e. The third-order valence-electron chi connectivity index (χ3n) is 2.64. The molecule has 0 saturated heterocycles. The number of carbonyl (C=O) groups is 1. The maximum Gasteiger partial charge on any atom is 0.328 e. The van der Waals surface area contributed by atoms with E-state index in [1.807, 2.05) is 11.6 Å². The molecule has 0 spiro atoms. The van der Waals surface area contributed by atoms with Gasteiger partial charge in [0.15, 0.2) is 0 Å². The average molecular weight is 285 g/mol. The predicted molar refractivity (Wildman–Crippen MR) is 74.3 cm³/mol. The van der Waals surface area contributed by atoms with E-state index in [0.29, 0.717) is 17.7 Å². The minimum absolute atomic E-state index is 0.0425. The first-order chi connectivity index (χ1) is 8.79.